The van der Waals surface area contributed by atoms with E-state index in [1.807, 2.05) is 33.5 Å². The van der Waals surface area contributed by atoms with Crippen LogP contribution in [0.4, 0.5) is 0 Å². The van der Waals surface area contributed by atoms with Crippen LogP contribution in [0.5, 0.6) is 0 Å². The Morgan fingerprint density at radius 1 is 1.03 bits per heavy atom. The lowest BCUT2D eigenvalue weighted by atomic mass is 10.0. The van der Waals surface area contributed by atoms with Gasteiger partial charge >= 0.3 is 0 Å². The summed E-state index contributed by atoms with van der Waals surface area (Å²) in [6.45, 7) is 10.5. The van der Waals surface area contributed by atoms with Crippen molar-refractivity contribution in [3.63, 3.8) is 0 Å². The zero-order valence-electron chi connectivity index (χ0n) is 23.2. The van der Waals surface area contributed by atoms with E-state index >= 15 is 0 Å². The lowest BCUT2D eigenvalue weighted by Gasteiger charge is -2.16. The molecule has 0 aliphatic rings. The fraction of sp³-hybridized carbons (Fsp3) is 0.414. The van der Waals surface area contributed by atoms with Crippen LogP contribution in [0.25, 0.3) is 22.5 Å². The summed E-state index contributed by atoms with van der Waals surface area (Å²) >= 11 is 0. The average Bonchev–Trinajstić information content (AvgIpc) is 3.52. The lowest BCUT2D eigenvalue weighted by molar-refractivity contribution is 0.0711. The number of benzene rings is 2. The second-order valence-electron chi connectivity index (χ2n) is 10.2. The fourth-order valence-corrected chi connectivity index (χ4v) is 4.65. The van der Waals surface area contributed by atoms with Crippen LogP contribution in [0.3, 0.4) is 0 Å². The van der Waals surface area contributed by atoms with E-state index in [4.69, 9.17) is 5.73 Å². The standard InChI is InChI=1S/C29H38N8O2/c1-5-8-24-32-26(29(3,4)39)25(27(30)38)36(24)19-20-9-11-21(12-10-20)22-13-15-23(16-14-22)28-33-34-35-37(28)18-7-17-31-6-2/h9-16,31,39H,5-8,17-19H2,1-4H3,(H2,30,38). The van der Waals surface area contributed by atoms with Gasteiger partial charge in [0.05, 0.1) is 0 Å². The number of nitrogens with one attached hydrogen (secondary N) is 1. The molecular formula is C29H38N8O2. The molecule has 0 atom stereocenters. The van der Waals surface area contributed by atoms with Gasteiger partial charge in [0.2, 0.25) is 0 Å². The fourth-order valence-electron chi connectivity index (χ4n) is 4.65. The Kier molecular flexibility index (Phi) is 8.88. The highest BCUT2D eigenvalue weighted by Gasteiger charge is 2.30. The van der Waals surface area contributed by atoms with Crippen LogP contribution >= 0.6 is 0 Å². The van der Waals surface area contributed by atoms with Gasteiger partial charge in [-0.15, -0.1) is 5.10 Å². The molecular weight excluding hydrogens is 492 g/mol. The highest BCUT2D eigenvalue weighted by molar-refractivity contribution is 5.92. The Hall–Kier alpha value is -3.89. The first-order chi connectivity index (χ1) is 18.7. The van der Waals surface area contributed by atoms with E-state index in [-0.39, 0.29) is 5.69 Å². The van der Waals surface area contributed by atoms with Gasteiger partial charge in [0.1, 0.15) is 22.8 Å². The number of carbonyl (C=O) groups is 1. The van der Waals surface area contributed by atoms with Crippen LogP contribution in [0, 0.1) is 0 Å². The molecule has 0 aliphatic carbocycles. The van der Waals surface area contributed by atoms with Crippen molar-refractivity contribution >= 4 is 5.91 Å². The largest absolute Gasteiger partial charge is 0.384 e. The smallest absolute Gasteiger partial charge is 0.267 e. The molecule has 0 bridgehead atoms. The zero-order chi connectivity index (χ0) is 28.0. The zero-order valence-corrected chi connectivity index (χ0v) is 23.2. The number of amides is 1. The SMILES string of the molecule is CCCc1nc(C(C)(C)O)c(C(N)=O)n1Cc1ccc(-c2ccc(-c3nnnn3CCCNCC)cc2)cc1. The summed E-state index contributed by atoms with van der Waals surface area (Å²) in [6, 6.07) is 16.4. The number of aromatic nitrogens is 6. The summed E-state index contributed by atoms with van der Waals surface area (Å²) in [5.74, 6) is 0.904. The van der Waals surface area contributed by atoms with Gasteiger partial charge < -0.3 is 20.7 Å². The Morgan fingerprint density at radius 3 is 2.26 bits per heavy atom. The molecule has 10 nitrogen and oxygen atoms in total. The average molecular weight is 531 g/mol. The first-order valence-corrected chi connectivity index (χ1v) is 13.5. The summed E-state index contributed by atoms with van der Waals surface area (Å²) in [6.07, 6.45) is 2.49. The minimum Gasteiger partial charge on any atom is -0.384 e. The maximum Gasteiger partial charge on any atom is 0.267 e. The minimum atomic E-state index is -1.27. The molecule has 2 heterocycles. The van der Waals surface area contributed by atoms with Crippen molar-refractivity contribution in [2.24, 2.45) is 5.73 Å². The van der Waals surface area contributed by atoms with E-state index in [1.165, 1.54) is 0 Å². The van der Waals surface area contributed by atoms with Crippen molar-refractivity contribution in [2.45, 2.75) is 65.6 Å². The van der Waals surface area contributed by atoms with E-state index in [0.29, 0.717) is 18.7 Å². The third kappa shape index (κ3) is 6.58. The number of imidazole rings is 1. The molecule has 206 valence electrons. The number of nitrogens with two attached hydrogens (primary N) is 1. The summed E-state index contributed by atoms with van der Waals surface area (Å²) < 4.78 is 3.68. The van der Waals surface area contributed by atoms with Gasteiger partial charge in [0.15, 0.2) is 5.82 Å². The molecule has 1 amide bonds. The van der Waals surface area contributed by atoms with Gasteiger partial charge in [-0.05, 0) is 66.9 Å². The second-order valence-corrected chi connectivity index (χ2v) is 10.2. The quantitative estimate of drug-likeness (QED) is 0.225. The molecule has 0 saturated heterocycles. The molecule has 0 unspecified atom stereocenters. The molecule has 4 aromatic rings. The normalized spacial score (nSPS) is 11.7. The topological polar surface area (TPSA) is 137 Å². The van der Waals surface area contributed by atoms with Gasteiger partial charge in [-0.3, -0.25) is 4.79 Å². The predicted molar refractivity (Wildman–Crippen MR) is 151 cm³/mol. The molecule has 0 aliphatic heterocycles. The minimum absolute atomic E-state index is 0.259. The summed E-state index contributed by atoms with van der Waals surface area (Å²) in [7, 11) is 0. The van der Waals surface area contributed by atoms with Crippen LogP contribution in [0.15, 0.2) is 48.5 Å². The number of aliphatic hydroxyl groups is 1. The van der Waals surface area contributed by atoms with E-state index in [0.717, 1.165) is 66.4 Å². The molecule has 0 saturated carbocycles. The molecule has 4 N–H and O–H groups in total. The molecule has 0 fully saturated rings. The maximum atomic E-state index is 12.4. The van der Waals surface area contributed by atoms with E-state index in [9.17, 15) is 9.90 Å². The van der Waals surface area contributed by atoms with Gasteiger partial charge in [-0.1, -0.05) is 62.4 Å². The van der Waals surface area contributed by atoms with Crippen molar-refractivity contribution in [1.29, 1.82) is 0 Å². The summed E-state index contributed by atoms with van der Waals surface area (Å²) in [5, 5.41) is 26.2. The number of nitrogens with zero attached hydrogens (tertiary/aromatic N) is 6. The predicted octanol–water partition coefficient (Wildman–Crippen LogP) is 3.53. The molecule has 0 spiro atoms. The molecule has 39 heavy (non-hydrogen) atoms. The Bertz CT molecular complexity index is 1380. The molecule has 4 rings (SSSR count). The molecule has 2 aromatic heterocycles. The van der Waals surface area contributed by atoms with Crippen molar-refractivity contribution in [1.82, 2.24) is 35.1 Å². The molecule has 0 radical (unpaired) electrons. The lowest BCUT2D eigenvalue weighted by Crippen LogP contribution is -2.25. The summed E-state index contributed by atoms with van der Waals surface area (Å²) in [4.78, 5) is 17.0. The maximum absolute atomic E-state index is 12.4. The van der Waals surface area contributed by atoms with E-state index in [1.54, 1.807) is 13.8 Å². The van der Waals surface area contributed by atoms with Crippen molar-refractivity contribution in [3.8, 4) is 22.5 Å². The van der Waals surface area contributed by atoms with Crippen molar-refractivity contribution in [2.75, 3.05) is 13.1 Å². The molecule has 2 aromatic carbocycles. The van der Waals surface area contributed by atoms with Crippen LogP contribution in [0.1, 0.15) is 68.1 Å². The van der Waals surface area contributed by atoms with Gasteiger partial charge in [-0.25, -0.2) is 9.67 Å². The van der Waals surface area contributed by atoms with Gasteiger partial charge in [-0.2, -0.15) is 0 Å². The first-order valence-electron chi connectivity index (χ1n) is 13.5. The van der Waals surface area contributed by atoms with Crippen molar-refractivity contribution in [3.05, 3.63) is 71.3 Å². The number of carbonyl (C=O) groups excluding carboxylic acids is 1. The molecule has 10 heteroatoms. The number of hydrogen-bond acceptors (Lipinski definition) is 7. The third-order valence-electron chi connectivity index (χ3n) is 6.61. The Morgan fingerprint density at radius 2 is 1.67 bits per heavy atom. The van der Waals surface area contributed by atoms with Gasteiger partial charge in [0.25, 0.3) is 5.91 Å². The third-order valence-corrected chi connectivity index (χ3v) is 6.61. The van der Waals surface area contributed by atoms with E-state index in [2.05, 4.69) is 63.9 Å². The van der Waals surface area contributed by atoms with E-state index < -0.39 is 11.5 Å². The summed E-state index contributed by atoms with van der Waals surface area (Å²) in [5.41, 5.74) is 9.16. The highest BCUT2D eigenvalue weighted by Crippen LogP contribution is 2.27. The number of hydrogen-bond donors (Lipinski definition) is 3. The van der Waals surface area contributed by atoms with Crippen LogP contribution < -0.4 is 11.1 Å². The first kappa shape index (κ1) is 28.1. The van der Waals surface area contributed by atoms with Gasteiger partial charge in [0, 0.05) is 25.1 Å². The van der Waals surface area contributed by atoms with Crippen LogP contribution in [-0.2, 0) is 25.1 Å². The van der Waals surface area contributed by atoms with Crippen LogP contribution in [0.2, 0.25) is 0 Å². The number of rotatable bonds is 13. The van der Waals surface area contributed by atoms with Crippen molar-refractivity contribution < 1.29 is 9.90 Å². The monoisotopic (exact) mass is 530 g/mol. The number of tetrazole rings is 1. The number of primary amides is 1. The number of aryl methyl sites for hydroxylation is 2. The second kappa shape index (κ2) is 12.3. The Balaban J connectivity index is 1.52. The highest BCUT2D eigenvalue weighted by atomic mass is 16.3. The van der Waals surface area contributed by atoms with Crippen LogP contribution in [-0.4, -0.2) is 53.9 Å². The Labute approximate surface area is 229 Å².